The van der Waals surface area contributed by atoms with E-state index in [0.717, 1.165) is 0 Å². The van der Waals surface area contributed by atoms with Crippen molar-refractivity contribution in [1.82, 2.24) is 5.32 Å². The van der Waals surface area contributed by atoms with E-state index in [-0.39, 0.29) is 12.5 Å². The first-order valence-electron chi connectivity index (χ1n) is 4.26. The van der Waals surface area contributed by atoms with Crippen LogP contribution in [0.3, 0.4) is 0 Å². The molecule has 0 spiro atoms. The summed E-state index contributed by atoms with van der Waals surface area (Å²) in [6, 6.07) is -0.140. The van der Waals surface area contributed by atoms with Gasteiger partial charge in [-0.25, -0.2) is 8.78 Å². The van der Waals surface area contributed by atoms with Crippen LogP contribution < -0.4 is 5.32 Å². The zero-order chi connectivity index (χ0) is 9.99. The Kier molecular flexibility index (Phi) is 3.63. The molecule has 0 bridgehead atoms. The van der Waals surface area contributed by atoms with Crippen LogP contribution in [0, 0.1) is 5.41 Å². The van der Waals surface area contributed by atoms with Gasteiger partial charge < -0.3 is 5.32 Å². The molecule has 0 aromatic heterocycles. The van der Waals surface area contributed by atoms with Gasteiger partial charge in [0.05, 0.1) is 0 Å². The van der Waals surface area contributed by atoms with Crippen LogP contribution in [0.15, 0.2) is 0 Å². The van der Waals surface area contributed by atoms with Crippen molar-refractivity contribution in [1.29, 1.82) is 0 Å². The molecule has 0 rings (SSSR count). The lowest BCUT2D eigenvalue weighted by molar-refractivity contribution is -0.107. The first-order chi connectivity index (χ1) is 5.20. The molecule has 1 nitrogen and oxygen atoms in total. The number of rotatable bonds is 3. The van der Waals surface area contributed by atoms with Crippen molar-refractivity contribution in [2.24, 2.45) is 5.41 Å². The first kappa shape index (κ1) is 11.8. The third kappa shape index (κ3) is 3.05. The monoisotopic (exact) mass is 179 g/mol. The summed E-state index contributed by atoms with van der Waals surface area (Å²) in [6.07, 6.45) is -0.104. The Hall–Kier alpha value is -0.180. The van der Waals surface area contributed by atoms with E-state index in [1.807, 2.05) is 0 Å². The minimum atomic E-state index is -2.60. The van der Waals surface area contributed by atoms with Crippen molar-refractivity contribution < 1.29 is 8.78 Å². The van der Waals surface area contributed by atoms with Gasteiger partial charge in [-0.3, -0.25) is 0 Å². The molecule has 0 aromatic carbocycles. The largest absolute Gasteiger partial charge is 0.317 e. The maximum Gasteiger partial charge on any atom is 0.254 e. The van der Waals surface area contributed by atoms with Gasteiger partial charge in [-0.1, -0.05) is 20.8 Å². The molecule has 3 heteroatoms. The molecule has 0 aliphatic heterocycles. The lowest BCUT2D eigenvalue weighted by Crippen LogP contribution is -2.39. The zero-order valence-corrected chi connectivity index (χ0v) is 8.54. The van der Waals surface area contributed by atoms with E-state index in [0.29, 0.717) is 0 Å². The molecular weight excluding hydrogens is 160 g/mol. The Balaban J connectivity index is 4.22. The molecule has 1 atom stereocenters. The summed E-state index contributed by atoms with van der Waals surface area (Å²) < 4.78 is 26.7. The number of halogens is 2. The highest BCUT2D eigenvalue weighted by Gasteiger charge is 2.43. The number of hydrogen-bond acceptors (Lipinski definition) is 1. The Morgan fingerprint density at radius 1 is 1.25 bits per heavy atom. The van der Waals surface area contributed by atoms with Gasteiger partial charge in [0.1, 0.15) is 0 Å². The van der Waals surface area contributed by atoms with Crippen LogP contribution in [0.2, 0.25) is 0 Å². The van der Waals surface area contributed by atoms with Crippen molar-refractivity contribution in [2.45, 2.75) is 46.1 Å². The van der Waals surface area contributed by atoms with E-state index in [2.05, 4.69) is 5.32 Å². The fourth-order valence-corrected chi connectivity index (χ4v) is 0.793. The lowest BCUT2D eigenvalue weighted by atomic mass is 9.84. The second kappa shape index (κ2) is 3.69. The Morgan fingerprint density at radius 3 is 1.92 bits per heavy atom. The second-order valence-corrected chi connectivity index (χ2v) is 4.35. The molecule has 0 radical (unpaired) electrons. The van der Waals surface area contributed by atoms with E-state index in [4.69, 9.17) is 0 Å². The Morgan fingerprint density at radius 2 is 1.67 bits per heavy atom. The van der Waals surface area contributed by atoms with E-state index in [1.54, 1.807) is 34.7 Å². The fraction of sp³-hybridized carbons (Fsp3) is 1.00. The van der Waals surface area contributed by atoms with Gasteiger partial charge in [0.2, 0.25) is 0 Å². The van der Waals surface area contributed by atoms with Gasteiger partial charge in [0, 0.05) is 17.9 Å². The molecule has 0 aromatic rings. The van der Waals surface area contributed by atoms with Gasteiger partial charge in [-0.05, 0) is 14.0 Å². The quantitative estimate of drug-likeness (QED) is 0.702. The van der Waals surface area contributed by atoms with Gasteiger partial charge in [0.15, 0.2) is 0 Å². The molecule has 0 amide bonds. The van der Waals surface area contributed by atoms with Gasteiger partial charge in [0.25, 0.3) is 5.92 Å². The third-order valence-electron chi connectivity index (χ3n) is 2.15. The molecule has 0 aliphatic rings. The molecule has 1 N–H and O–H groups in total. The molecule has 0 saturated heterocycles. The molecule has 0 aliphatic carbocycles. The van der Waals surface area contributed by atoms with Crippen molar-refractivity contribution in [2.75, 3.05) is 7.05 Å². The fourth-order valence-electron chi connectivity index (χ4n) is 0.793. The van der Waals surface area contributed by atoms with E-state index >= 15 is 0 Å². The van der Waals surface area contributed by atoms with Crippen LogP contribution in [0.4, 0.5) is 8.78 Å². The van der Waals surface area contributed by atoms with Crippen LogP contribution in [-0.4, -0.2) is 19.0 Å². The molecule has 1 unspecified atom stereocenters. The predicted octanol–water partition coefficient (Wildman–Crippen LogP) is 2.67. The molecule has 0 heterocycles. The minimum Gasteiger partial charge on any atom is -0.317 e. The van der Waals surface area contributed by atoms with Crippen molar-refractivity contribution in [3.8, 4) is 0 Å². The van der Waals surface area contributed by atoms with Gasteiger partial charge in [-0.2, -0.15) is 0 Å². The molecule has 0 saturated carbocycles. The maximum absolute atomic E-state index is 13.3. The van der Waals surface area contributed by atoms with E-state index in [1.165, 1.54) is 0 Å². The van der Waals surface area contributed by atoms with Crippen LogP contribution >= 0.6 is 0 Å². The summed E-state index contributed by atoms with van der Waals surface area (Å²) in [7, 11) is 1.70. The summed E-state index contributed by atoms with van der Waals surface area (Å²) in [5.41, 5.74) is -0.946. The summed E-state index contributed by atoms with van der Waals surface area (Å²) in [4.78, 5) is 0. The van der Waals surface area contributed by atoms with Crippen molar-refractivity contribution in [3.63, 3.8) is 0 Å². The summed E-state index contributed by atoms with van der Waals surface area (Å²) in [5.74, 6) is -2.60. The topological polar surface area (TPSA) is 12.0 Å². The van der Waals surface area contributed by atoms with Gasteiger partial charge >= 0.3 is 0 Å². The second-order valence-electron chi connectivity index (χ2n) is 4.35. The highest BCUT2D eigenvalue weighted by atomic mass is 19.3. The van der Waals surface area contributed by atoms with Crippen LogP contribution in [0.1, 0.15) is 34.1 Å². The van der Waals surface area contributed by atoms with E-state index in [9.17, 15) is 8.78 Å². The average molecular weight is 179 g/mol. The van der Waals surface area contributed by atoms with Crippen LogP contribution in [-0.2, 0) is 0 Å². The Bertz CT molecular complexity index is 138. The molecule has 74 valence electrons. The number of hydrogen-bond donors (Lipinski definition) is 1. The highest BCUT2D eigenvalue weighted by molar-refractivity contribution is 4.84. The molecule has 12 heavy (non-hydrogen) atoms. The standard InChI is InChI=1S/C9H19F2N/c1-7(12-5)6-9(10,11)8(2,3)4/h7,12H,6H2,1-5H3. The average Bonchev–Trinajstić information content (AvgIpc) is 1.84. The molecule has 0 fully saturated rings. The van der Waals surface area contributed by atoms with Crippen molar-refractivity contribution >= 4 is 0 Å². The Labute approximate surface area is 73.5 Å². The number of nitrogens with one attached hydrogen (secondary N) is 1. The lowest BCUT2D eigenvalue weighted by Gasteiger charge is -2.32. The third-order valence-corrected chi connectivity index (χ3v) is 2.15. The normalized spacial score (nSPS) is 16.2. The zero-order valence-electron chi connectivity index (χ0n) is 8.54. The summed E-state index contributed by atoms with van der Waals surface area (Å²) >= 11 is 0. The van der Waals surface area contributed by atoms with E-state index < -0.39 is 11.3 Å². The summed E-state index contributed by atoms with van der Waals surface area (Å²) in [6.45, 7) is 6.46. The number of alkyl halides is 2. The summed E-state index contributed by atoms with van der Waals surface area (Å²) in [5, 5.41) is 2.81. The minimum absolute atomic E-state index is 0.104. The van der Waals surface area contributed by atoms with Crippen LogP contribution in [0.5, 0.6) is 0 Å². The SMILES string of the molecule is CNC(C)CC(F)(F)C(C)(C)C. The first-order valence-corrected chi connectivity index (χ1v) is 4.26. The maximum atomic E-state index is 13.3. The highest BCUT2D eigenvalue weighted by Crippen LogP contribution is 2.38. The van der Waals surface area contributed by atoms with Crippen molar-refractivity contribution in [3.05, 3.63) is 0 Å². The molecular formula is C9H19F2N. The smallest absolute Gasteiger partial charge is 0.254 e. The predicted molar refractivity (Wildman–Crippen MR) is 47.5 cm³/mol. The van der Waals surface area contributed by atoms with Crippen LogP contribution in [0.25, 0.3) is 0 Å². The van der Waals surface area contributed by atoms with Gasteiger partial charge in [-0.15, -0.1) is 0 Å².